The summed E-state index contributed by atoms with van der Waals surface area (Å²) in [6.45, 7) is 9.15. The number of carbonyl (C=O) groups is 1. The molecule has 0 radical (unpaired) electrons. The summed E-state index contributed by atoms with van der Waals surface area (Å²) in [6.07, 6.45) is 3.22. The topological polar surface area (TPSA) is 115 Å². The van der Waals surface area contributed by atoms with Gasteiger partial charge in [0.15, 0.2) is 0 Å². The minimum Gasteiger partial charge on any atom is -0.492 e. The number of hydrogen-bond donors (Lipinski definition) is 2. The van der Waals surface area contributed by atoms with E-state index in [0.717, 1.165) is 56.2 Å². The Morgan fingerprint density at radius 3 is 2.46 bits per heavy atom. The number of rotatable bonds is 2. The van der Waals surface area contributed by atoms with Gasteiger partial charge in [-0.05, 0) is 80.1 Å². The van der Waals surface area contributed by atoms with Gasteiger partial charge >= 0.3 is 6.09 Å². The highest BCUT2D eigenvalue weighted by Crippen LogP contribution is 2.33. The van der Waals surface area contributed by atoms with Gasteiger partial charge in [0.2, 0.25) is 0 Å². The molecule has 0 aliphatic carbocycles. The summed E-state index contributed by atoms with van der Waals surface area (Å²) in [5, 5.41) is 7.21. The summed E-state index contributed by atoms with van der Waals surface area (Å²) in [7, 11) is -3.69. The van der Waals surface area contributed by atoms with Crippen LogP contribution in [0.25, 0.3) is 32.6 Å². The molecule has 2 aromatic heterocycles. The predicted octanol–water partition coefficient (Wildman–Crippen LogP) is 6.81. The van der Waals surface area contributed by atoms with Gasteiger partial charge in [-0.25, -0.2) is 17.2 Å². The third-order valence-corrected chi connectivity index (χ3v) is 10.1. The van der Waals surface area contributed by atoms with E-state index in [1.165, 1.54) is 3.97 Å². The van der Waals surface area contributed by atoms with Gasteiger partial charge in [-0.1, -0.05) is 30.3 Å². The van der Waals surface area contributed by atoms with E-state index in [-0.39, 0.29) is 11.0 Å². The zero-order chi connectivity index (χ0) is 33.5. The summed E-state index contributed by atoms with van der Waals surface area (Å²) in [6, 6.07) is 24.5. The molecule has 2 aliphatic heterocycles. The van der Waals surface area contributed by atoms with Crippen LogP contribution in [0.15, 0.2) is 96.2 Å². The van der Waals surface area contributed by atoms with E-state index >= 15 is 0 Å². The number of carbonyl (C=O) groups excluding carboxylic acids is 1. The van der Waals surface area contributed by atoms with Gasteiger partial charge in [0, 0.05) is 52.9 Å². The fourth-order valence-electron chi connectivity index (χ4n) is 6.14. The quantitative estimate of drug-likeness (QED) is 0.209. The molecule has 0 spiro atoms. The highest BCUT2D eigenvalue weighted by molar-refractivity contribution is 7.90. The van der Waals surface area contributed by atoms with Gasteiger partial charge in [0.1, 0.15) is 30.3 Å². The lowest BCUT2D eigenvalue weighted by Crippen LogP contribution is -2.37. The molecular formula is C37H38N4O6S. The summed E-state index contributed by atoms with van der Waals surface area (Å²) < 4.78 is 45.0. The lowest BCUT2D eigenvalue weighted by Gasteiger charge is -2.26. The summed E-state index contributed by atoms with van der Waals surface area (Å²) >= 11 is 0. The van der Waals surface area contributed by atoms with Crippen LogP contribution in [0.1, 0.15) is 31.9 Å². The Hall–Kier alpha value is -5.00. The fourth-order valence-corrected chi connectivity index (χ4v) is 7.52. The van der Waals surface area contributed by atoms with E-state index in [9.17, 15) is 13.2 Å². The molecule has 0 unspecified atom stereocenters. The molecule has 4 aromatic carbocycles. The Balaban J connectivity index is 0.000000157. The van der Waals surface area contributed by atoms with E-state index in [2.05, 4.69) is 10.3 Å². The van der Waals surface area contributed by atoms with Gasteiger partial charge < -0.3 is 29.4 Å². The van der Waals surface area contributed by atoms with Crippen LogP contribution in [0.4, 0.5) is 4.79 Å². The number of nitrogens with one attached hydrogen (secondary N) is 2. The molecule has 6 aromatic rings. The molecule has 0 bridgehead atoms. The Kier molecular flexibility index (Phi) is 8.26. The highest BCUT2D eigenvalue weighted by Gasteiger charge is 2.26. The van der Waals surface area contributed by atoms with E-state index in [1.54, 1.807) is 23.2 Å². The molecule has 248 valence electrons. The monoisotopic (exact) mass is 666 g/mol. The number of nitrogens with zero attached hydrogens (tertiary/aromatic N) is 2. The summed E-state index contributed by atoms with van der Waals surface area (Å²) in [5.74, 6) is 1.65. The maximum atomic E-state index is 13.3. The standard InChI is InChI=1S/C21H18N2O3S.C16H20N2O3/c24-27(25,17-6-5-15-3-1-2-4-16(15)13-17)23-11-9-18-19-14-22-10-12-26-21(19)8-7-20(18)23;1-16(2,3)21-15(19)18-8-9-20-14-5-4-13-11(6-7-17-13)12(14)10-18/h1-9,11,13,22H,10,12,14H2;4-7,17H,8-10H2,1-3H3. The molecule has 10 nitrogen and oxygen atoms in total. The number of H-pyrrole nitrogens is 1. The van der Waals surface area contributed by atoms with Crippen molar-refractivity contribution in [1.82, 2.24) is 19.2 Å². The van der Waals surface area contributed by atoms with Crippen molar-refractivity contribution in [2.24, 2.45) is 0 Å². The third-order valence-electron chi connectivity index (χ3n) is 8.44. The number of benzene rings is 4. The predicted molar refractivity (Wildman–Crippen MR) is 186 cm³/mol. The molecule has 48 heavy (non-hydrogen) atoms. The van der Waals surface area contributed by atoms with Gasteiger partial charge in [-0.2, -0.15) is 0 Å². The average molecular weight is 667 g/mol. The lowest BCUT2D eigenvalue weighted by molar-refractivity contribution is 0.0226. The molecule has 0 atom stereocenters. The molecular weight excluding hydrogens is 628 g/mol. The third kappa shape index (κ3) is 6.18. The molecule has 2 N–H and O–H groups in total. The minimum absolute atomic E-state index is 0.281. The van der Waals surface area contributed by atoms with Gasteiger partial charge in [-0.15, -0.1) is 0 Å². The van der Waals surface area contributed by atoms with Crippen molar-refractivity contribution in [3.05, 3.63) is 102 Å². The van der Waals surface area contributed by atoms with E-state index < -0.39 is 15.6 Å². The second-order valence-electron chi connectivity index (χ2n) is 12.9. The van der Waals surface area contributed by atoms with Gasteiger partial charge in [0.05, 0.1) is 23.5 Å². The highest BCUT2D eigenvalue weighted by atomic mass is 32.2. The molecule has 0 saturated heterocycles. The fraction of sp³-hybridized carbons (Fsp3) is 0.270. The van der Waals surface area contributed by atoms with Crippen LogP contribution in [0.2, 0.25) is 0 Å². The van der Waals surface area contributed by atoms with Crippen molar-refractivity contribution in [2.45, 2.75) is 44.4 Å². The smallest absolute Gasteiger partial charge is 0.410 e. The molecule has 4 heterocycles. The van der Waals surface area contributed by atoms with Crippen molar-refractivity contribution in [3.63, 3.8) is 0 Å². The number of aromatic nitrogens is 2. The van der Waals surface area contributed by atoms with Crippen LogP contribution < -0.4 is 14.8 Å². The van der Waals surface area contributed by atoms with Crippen LogP contribution >= 0.6 is 0 Å². The minimum atomic E-state index is -3.69. The molecule has 0 fully saturated rings. The number of ether oxygens (including phenoxy) is 3. The zero-order valence-corrected chi connectivity index (χ0v) is 28.0. The molecule has 0 saturated carbocycles. The van der Waals surface area contributed by atoms with Crippen molar-refractivity contribution < 1.29 is 27.4 Å². The molecule has 2 aliphatic rings. The van der Waals surface area contributed by atoms with Crippen LogP contribution in [0, 0.1) is 0 Å². The first-order chi connectivity index (χ1) is 23.1. The summed E-state index contributed by atoms with van der Waals surface area (Å²) in [4.78, 5) is 17.5. The Bertz CT molecular complexity index is 2250. The first-order valence-electron chi connectivity index (χ1n) is 16.0. The van der Waals surface area contributed by atoms with Gasteiger partial charge in [0.25, 0.3) is 10.0 Å². The Morgan fingerprint density at radius 1 is 0.854 bits per heavy atom. The van der Waals surface area contributed by atoms with Gasteiger partial charge in [-0.3, -0.25) is 0 Å². The van der Waals surface area contributed by atoms with Crippen LogP contribution in [-0.4, -0.2) is 60.3 Å². The largest absolute Gasteiger partial charge is 0.492 e. The van der Waals surface area contributed by atoms with Crippen LogP contribution in [0.5, 0.6) is 11.5 Å². The second-order valence-corrected chi connectivity index (χ2v) is 14.7. The van der Waals surface area contributed by atoms with Crippen LogP contribution in [0.3, 0.4) is 0 Å². The zero-order valence-electron chi connectivity index (χ0n) is 27.2. The molecule has 11 heteroatoms. The SMILES string of the molecule is CC(C)(C)OC(=O)N1CCOc2ccc3[nH]ccc3c2C1.O=S(=O)(c1ccc2ccccc2c1)n1ccc2c3c(ccc21)OCCNC3. The molecule has 8 rings (SSSR count). The maximum Gasteiger partial charge on any atom is 0.410 e. The van der Waals surface area contributed by atoms with Crippen molar-refractivity contribution in [2.75, 3.05) is 26.3 Å². The Labute approximate surface area is 279 Å². The molecule has 1 amide bonds. The van der Waals surface area contributed by atoms with Crippen molar-refractivity contribution in [1.29, 1.82) is 0 Å². The number of hydrogen-bond acceptors (Lipinski definition) is 7. The Morgan fingerprint density at radius 2 is 1.62 bits per heavy atom. The van der Waals surface area contributed by atoms with Crippen molar-refractivity contribution in [3.8, 4) is 11.5 Å². The lowest BCUT2D eigenvalue weighted by atomic mass is 10.1. The van der Waals surface area contributed by atoms with E-state index in [0.29, 0.717) is 38.4 Å². The van der Waals surface area contributed by atoms with Crippen molar-refractivity contribution >= 4 is 48.7 Å². The van der Waals surface area contributed by atoms with Crippen LogP contribution in [-0.2, 0) is 27.8 Å². The number of fused-ring (bicyclic) bond motifs is 7. The van der Waals surface area contributed by atoms with E-state index in [4.69, 9.17) is 14.2 Å². The number of amides is 1. The summed E-state index contributed by atoms with van der Waals surface area (Å²) in [5.41, 5.74) is 3.24. The maximum absolute atomic E-state index is 13.3. The first kappa shape index (κ1) is 31.6. The second kappa shape index (κ2) is 12.6. The van der Waals surface area contributed by atoms with E-state index in [1.807, 2.05) is 93.7 Å². The first-order valence-corrected chi connectivity index (χ1v) is 17.4. The normalized spacial score (nSPS) is 14.9. The average Bonchev–Trinajstić information content (AvgIpc) is 3.58. The number of aromatic amines is 1.